The highest BCUT2D eigenvalue weighted by molar-refractivity contribution is 5.95. The minimum absolute atomic E-state index is 0.117. The summed E-state index contributed by atoms with van der Waals surface area (Å²) in [4.78, 5) is 25.9. The predicted octanol–water partition coefficient (Wildman–Crippen LogP) is 2.06. The Bertz CT molecular complexity index is 801. The monoisotopic (exact) mass is 358 g/mol. The molecule has 26 heavy (non-hydrogen) atoms. The van der Waals surface area contributed by atoms with Crippen LogP contribution in [0.15, 0.2) is 41.0 Å². The highest BCUT2D eigenvalue weighted by atomic mass is 16.5. The fourth-order valence-electron chi connectivity index (χ4n) is 3.28. The zero-order valence-electron chi connectivity index (χ0n) is 14.8. The first kappa shape index (κ1) is 18.0. The molecule has 0 aliphatic carbocycles. The number of hydrogen-bond donors (Lipinski definition) is 2. The average Bonchev–Trinajstić information content (AvgIpc) is 3.19. The molecule has 2 aromatic rings. The van der Waals surface area contributed by atoms with Crippen LogP contribution in [0, 0.1) is 0 Å². The van der Waals surface area contributed by atoms with Crippen LogP contribution in [-0.4, -0.2) is 42.8 Å². The van der Waals surface area contributed by atoms with E-state index < -0.39 is 17.9 Å². The van der Waals surface area contributed by atoms with Crippen molar-refractivity contribution in [2.24, 2.45) is 0 Å². The second-order valence-electron chi connectivity index (χ2n) is 6.40. The Morgan fingerprint density at radius 1 is 1.38 bits per heavy atom. The van der Waals surface area contributed by atoms with Gasteiger partial charge >= 0.3 is 5.97 Å². The Labute approximate surface area is 151 Å². The molecular weight excluding hydrogens is 336 g/mol. The van der Waals surface area contributed by atoms with E-state index in [-0.39, 0.29) is 12.4 Å². The Morgan fingerprint density at radius 2 is 2.15 bits per heavy atom. The van der Waals surface area contributed by atoms with Crippen LogP contribution in [0.4, 0.5) is 5.69 Å². The maximum Gasteiger partial charge on any atom is 0.328 e. The molecule has 0 radical (unpaired) electrons. The molecule has 138 valence electrons. The van der Waals surface area contributed by atoms with Gasteiger partial charge in [0.05, 0.1) is 12.9 Å². The number of furan rings is 1. The molecule has 2 N–H and O–H groups in total. The number of ether oxygens (including phenoxy) is 1. The van der Waals surface area contributed by atoms with E-state index in [4.69, 9.17) is 14.3 Å². The third kappa shape index (κ3) is 3.57. The van der Waals surface area contributed by atoms with Crippen LogP contribution in [0.3, 0.4) is 0 Å². The summed E-state index contributed by atoms with van der Waals surface area (Å²) in [6.07, 6.45) is 2.40. The molecule has 1 aliphatic rings. The van der Waals surface area contributed by atoms with Gasteiger partial charge in [-0.3, -0.25) is 4.79 Å². The standard InChI is InChI=1S/C19H22N2O5/c1-12-9-13-5-3-4-6-16(13)21(12)10-14-7-8-26-17(14)18(22)20-15(11-25-2)19(23)24/h3-8,12,15H,9-11H2,1-2H3,(H,20,22)(H,23,24). The summed E-state index contributed by atoms with van der Waals surface area (Å²) < 4.78 is 10.2. The third-order valence-corrected chi connectivity index (χ3v) is 4.58. The van der Waals surface area contributed by atoms with Gasteiger partial charge in [0.25, 0.3) is 5.91 Å². The maximum absolute atomic E-state index is 12.5. The largest absolute Gasteiger partial charge is 0.480 e. The Balaban J connectivity index is 1.77. The van der Waals surface area contributed by atoms with E-state index in [9.17, 15) is 9.59 Å². The van der Waals surface area contributed by atoms with Crippen LogP contribution in [-0.2, 0) is 22.5 Å². The van der Waals surface area contributed by atoms with E-state index in [1.807, 2.05) is 12.1 Å². The van der Waals surface area contributed by atoms with Crippen molar-refractivity contribution < 1.29 is 23.8 Å². The number of carbonyl (C=O) groups excluding carboxylic acids is 1. The molecule has 1 aromatic carbocycles. The Hall–Kier alpha value is -2.80. The second-order valence-corrected chi connectivity index (χ2v) is 6.40. The lowest BCUT2D eigenvalue weighted by atomic mass is 10.1. The van der Waals surface area contributed by atoms with Crippen molar-refractivity contribution in [3.63, 3.8) is 0 Å². The number of rotatable bonds is 7. The minimum atomic E-state index is -1.16. The van der Waals surface area contributed by atoms with E-state index in [2.05, 4.69) is 29.3 Å². The van der Waals surface area contributed by atoms with Gasteiger partial charge in [0.15, 0.2) is 11.8 Å². The number of carbonyl (C=O) groups is 2. The quantitative estimate of drug-likeness (QED) is 0.787. The number of amides is 1. The van der Waals surface area contributed by atoms with Crippen molar-refractivity contribution in [3.05, 3.63) is 53.5 Å². The topological polar surface area (TPSA) is 92.0 Å². The summed E-state index contributed by atoms with van der Waals surface area (Å²) in [6.45, 7) is 2.53. The maximum atomic E-state index is 12.5. The first-order chi connectivity index (χ1) is 12.5. The van der Waals surface area contributed by atoms with Gasteiger partial charge in [0.2, 0.25) is 0 Å². The van der Waals surface area contributed by atoms with E-state index >= 15 is 0 Å². The van der Waals surface area contributed by atoms with Gasteiger partial charge in [-0.2, -0.15) is 0 Å². The lowest BCUT2D eigenvalue weighted by Crippen LogP contribution is -2.44. The van der Waals surface area contributed by atoms with Crippen LogP contribution in [0.25, 0.3) is 0 Å². The van der Waals surface area contributed by atoms with Crippen LogP contribution < -0.4 is 10.2 Å². The number of nitrogens with zero attached hydrogens (tertiary/aromatic N) is 1. The summed E-state index contributed by atoms with van der Waals surface area (Å²) in [6, 6.07) is 9.11. The van der Waals surface area contributed by atoms with Crippen molar-refractivity contribution in [1.82, 2.24) is 5.32 Å². The lowest BCUT2D eigenvalue weighted by Gasteiger charge is -2.24. The molecule has 2 unspecified atom stereocenters. The number of carboxylic acids is 1. The fourth-order valence-corrected chi connectivity index (χ4v) is 3.28. The molecule has 3 rings (SSSR count). The molecule has 2 heterocycles. The second kappa shape index (κ2) is 7.61. The number of anilines is 1. The van der Waals surface area contributed by atoms with Gasteiger partial charge in [-0.05, 0) is 31.0 Å². The molecule has 1 aromatic heterocycles. The number of methoxy groups -OCH3 is 1. The molecule has 1 amide bonds. The van der Waals surface area contributed by atoms with Gasteiger partial charge in [0, 0.05) is 30.9 Å². The molecule has 1 aliphatic heterocycles. The number of hydrogen-bond acceptors (Lipinski definition) is 5. The number of para-hydroxylation sites is 1. The van der Waals surface area contributed by atoms with Crippen molar-refractivity contribution in [2.75, 3.05) is 18.6 Å². The molecule has 0 saturated heterocycles. The van der Waals surface area contributed by atoms with E-state index in [1.165, 1.54) is 18.9 Å². The highest BCUT2D eigenvalue weighted by Gasteiger charge is 2.29. The van der Waals surface area contributed by atoms with Crippen molar-refractivity contribution >= 4 is 17.6 Å². The van der Waals surface area contributed by atoms with Gasteiger partial charge in [0.1, 0.15) is 0 Å². The Morgan fingerprint density at radius 3 is 2.88 bits per heavy atom. The molecule has 0 spiro atoms. The predicted molar refractivity (Wildman–Crippen MR) is 95.3 cm³/mol. The first-order valence-corrected chi connectivity index (χ1v) is 8.44. The van der Waals surface area contributed by atoms with Crippen LogP contribution in [0.1, 0.15) is 28.6 Å². The van der Waals surface area contributed by atoms with Crippen LogP contribution in [0.5, 0.6) is 0 Å². The molecular formula is C19H22N2O5. The van der Waals surface area contributed by atoms with Gasteiger partial charge in [-0.25, -0.2) is 4.79 Å². The molecule has 0 fully saturated rings. The fraction of sp³-hybridized carbons (Fsp3) is 0.368. The lowest BCUT2D eigenvalue weighted by molar-refractivity contribution is -0.140. The molecule has 2 atom stereocenters. The smallest absolute Gasteiger partial charge is 0.328 e. The molecule has 7 heteroatoms. The SMILES string of the molecule is COCC(NC(=O)c1occc1CN1c2ccccc2CC1C)C(=O)O. The zero-order valence-corrected chi connectivity index (χ0v) is 14.8. The Kier molecular flexibility index (Phi) is 5.27. The summed E-state index contributed by atoms with van der Waals surface area (Å²) in [7, 11) is 1.38. The molecule has 0 saturated carbocycles. The summed E-state index contributed by atoms with van der Waals surface area (Å²) in [5.41, 5.74) is 3.14. The zero-order chi connectivity index (χ0) is 18.7. The first-order valence-electron chi connectivity index (χ1n) is 8.44. The van der Waals surface area contributed by atoms with E-state index in [0.29, 0.717) is 18.2 Å². The number of aliphatic carboxylic acids is 1. The average molecular weight is 358 g/mol. The van der Waals surface area contributed by atoms with Crippen LogP contribution in [0.2, 0.25) is 0 Å². The summed E-state index contributed by atoms with van der Waals surface area (Å²) in [5.74, 6) is -1.59. The van der Waals surface area contributed by atoms with Gasteiger partial charge < -0.3 is 24.5 Å². The molecule has 7 nitrogen and oxygen atoms in total. The number of fused-ring (bicyclic) bond motifs is 1. The number of nitrogens with one attached hydrogen (secondary N) is 1. The summed E-state index contributed by atoms with van der Waals surface area (Å²) in [5, 5.41) is 11.6. The summed E-state index contributed by atoms with van der Waals surface area (Å²) >= 11 is 0. The number of benzene rings is 1. The number of carboxylic acid groups (broad SMARTS) is 1. The van der Waals surface area contributed by atoms with Crippen LogP contribution >= 0.6 is 0 Å². The van der Waals surface area contributed by atoms with E-state index in [0.717, 1.165) is 12.1 Å². The van der Waals surface area contributed by atoms with Crippen molar-refractivity contribution in [2.45, 2.75) is 32.0 Å². The van der Waals surface area contributed by atoms with Crippen molar-refractivity contribution in [1.29, 1.82) is 0 Å². The van der Waals surface area contributed by atoms with E-state index in [1.54, 1.807) is 6.07 Å². The van der Waals surface area contributed by atoms with Gasteiger partial charge in [-0.1, -0.05) is 18.2 Å². The van der Waals surface area contributed by atoms with Gasteiger partial charge in [-0.15, -0.1) is 0 Å². The normalized spacial score (nSPS) is 17.0. The third-order valence-electron chi connectivity index (χ3n) is 4.58. The highest BCUT2D eigenvalue weighted by Crippen LogP contribution is 2.33. The van der Waals surface area contributed by atoms with Crippen molar-refractivity contribution in [3.8, 4) is 0 Å². The minimum Gasteiger partial charge on any atom is -0.480 e. The molecule has 0 bridgehead atoms.